The fourth-order valence-electron chi connectivity index (χ4n) is 2.47. The Kier molecular flexibility index (Phi) is 5.06. The van der Waals surface area contributed by atoms with Crippen molar-refractivity contribution in [3.63, 3.8) is 0 Å². The van der Waals surface area contributed by atoms with Gasteiger partial charge in [-0.25, -0.2) is 0 Å². The quantitative estimate of drug-likeness (QED) is 0.666. The van der Waals surface area contributed by atoms with Gasteiger partial charge in [-0.3, -0.25) is 4.79 Å². The summed E-state index contributed by atoms with van der Waals surface area (Å²) in [5.41, 5.74) is 1.46. The summed E-state index contributed by atoms with van der Waals surface area (Å²) >= 11 is 5.99. The summed E-state index contributed by atoms with van der Waals surface area (Å²) in [5.74, 6) is 0.935. The van der Waals surface area contributed by atoms with Gasteiger partial charge in [0, 0.05) is 22.5 Å². The first kappa shape index (κ1) is 16.4. The molecule has 1 heterocycles. The van der Waals surface area contributed by atoms with Crippen LogP contribution in [-0.4, -0.2) is 19.1 Å². The SMILES string of the molecule is Cc1c(C(=O)NCCCOc2ccccc2)oc2ccc(Cl)cc12. The zero-order valence-electron chi connectivity index (χ0n) is 13.3. The average molecular weight is 344 g/mol. The Hall–Kier alpha value is -2.46. The molecule has 4 nitrogen and oxygen atoms in total. The molecule has 24 heavy (non-hydrogen) atoms. The molecule has 0 atom stereocenters. The first-order valence-electron chi connectivity index (χ1n) is 7.80. The van der Waals surface area contributed by atoms with Gasteiger partial charge in [-0.1, -0.05) is 29.8 Å². The molecule has 1 N–H and O–H groups in total. The van der Waals surface area contributed by atoms with Gasteiger partial charge in [0.25, 0.3) is 5.91 Å². The Morgan fingerprint density at radius 3 is 2.79 bits per heavy atom. The van der Waals surface area contributed by atoms with Crippen molar-refractivity contribution in [2.24, 2.45) is 0 Å². The first-order valence-corrected chi connectivity index (χ1v) is 8.17. The van der Waals surface area contributed by atoms with Crippen molar-refractivity contribution in [2.75, 3.05) is 13.2 Å². The van der Waals surface area contributed by atoms with Crippen molar-refractivity contribution in [1.82, 2.24) is 5.32 Å². The molecule has 5 heteroatoms. The average Bonchev–Trinajstić information content (AvgIpc) is 2.92. The van der Waals surface area contributed by atoms with E-state index in [1.54, 1.807) is 18.2 Å². The lowest BCUT2D eigenvalue weighted by molar-refractivity contribution is 0.0925. The van der Waals surface area contributed by atoms with E-state index in [9.17, 15) is 4.79 Å². The molecule has 1 amide bonds. The Morgan fingerprint density at radius 2 is 2.00 bits per heavy atom. The van der Waals surface area contributed by atoms with E-state index >= 15 is 0 Å². The van der Waals surface area contributed by atoms with E-state index < -0.39 is 0 Å². The zero-order chi connectivity index (χ0) is 16.9. The van der Waals surface area contributed by atoms with Gasteiger partial charge in [-0.2, -0.15) is 0 Å². The molecule has 0 saturated heterocycles. The summed E-state index contributed by atoms with van der Waals surface area (Å²) in [6.07, 6.45) is 0.714. The number of fused-ring (bicyclic) bond motifs is 1. The molecule has 0 bridgehead atoms. The number of hydrogen-bond acceptors (Lipinski definition) is 3. The van der Waals surface area contributed by atoms with Gasteiger partial charge in [-0.05, 0) is 43.7 Å². The van der Waals surface area contributed by atoms with E-state index in [0.717, 1.165) is 16.7 Å². The van der Waals surface area contributed by atoms with E-state index in [4.69, 9.17) is 20.8 Å². The Morgan fingerprint density at radius 1 is 1.21 bits per heavy atom. The van der Waals surface area contributed by atoms with Gasteiger partial charge < -0.3 is 14.5 Å². The standard InChI is InChI=1S/C19H18ClNO3/c1-13-16-12-14(20)8-9-17(16)24-18(13)19(22)21-10-5-11-23-15-6-3-2-4-7-15/h2-4,6-9,12H,5,10-11H2,1H3,(H,21,22). The van der Waals surface area contributed by atoms with Crippen molar-refractivity contribution < 1.29 is 13.9 Å². The molecule has 0 saturated carbocycles. The van der Waals surface area contributed by atoms with Crippen LogP contribution in [-0.2, 0) is 0 Å². The van der Waals surface area contributed by atoms with Gasteiger partial charge in [0.05, 0.1) is 6.61 Å². The molecule has 0 unspecified atom stereocenters. The molecule has 0 aliphatic carbocycles. The maximum Gasteiger partial charge on any atom is 0.287 e. The Bertz CT molecular complexity index is 842. The lowest BCUT2D eigenvalue weighted by Gasteiger charge is -2.06. The Labute approximate surface area is 145 Å². The molecule has 0 radical (unpaired) electrons. The maximum atomic E-state index is 12.3. The summed E-state index contributed by atoms with van der Waals surface area (Å²) < 4.78 is 11.2. The molecule has 2 aromatic carbocycles. The third-order valence-corrected chi connectivity index (χ3v) is 3.96. The number of halogens is 1. The van der Waals surface area contributed by atoms with Crippen molar-refractivity contribution in [1.29, 1.82) is 0 Å². The predicted octanol–water partition coefficient (Wildman–Crippen LogP) is 4.59. The molecular formula is C19H18ClNO3. The minimum Gasteiger partial charge on any atom is -0.494 e. The second-order valence-electron chi connectivity index (χ2n) is 5.47. The monoisotopic (exact) mass is 343 g/mol. The molecule has 0 aliphatic rings. The molecule has 0 spiro atoms. The second kappa shape index (κ2) is 7.41. The number of amides is 1. The van der Waals surface area contributed by atoms with Crippen LogP contribution in [0.2, 0.25) is 5.02 Å². The normalized spacial score (nSPS) is 10.8. The van der Waals surface area contributed by atoms with Crippen LogP contribution < -0.4 is 10.1 Å². The molecule has 3 aromatic rings. The number of rotatable bonds is 6. The zero-order valence-corrected chi connectivity index (χ0v) is 14.1. The highest BCUT2D eigenvalue weighted by atomic mass is 35.5. The number of nitrogens with one attached hydrogen (secondary N) is 1. The summed E-state index contributed by atoms with van der Waals surface area (Å²) in [6, 6.07) is 14.9. The number of ether oxygens (including phenoxy) is 1. The number of furan rings is 1. The van der Waals surface area contributed by atoms with Crippen LogP contribution in [0.15, 0.2) is 52.9 Å². The highest BCUT2D eigenvalue weighted by molar-refractivity contribution is 6.31. The summed E-state index contributed by atoms with van der Waals surface area (Å²) in [5, 5.41) is 4.34. The fraction of sp³-hybridized carbons (Fsp3) is 0.211. The van der Waals surface area contributed by atoms with Crippen LogP contribution in [0.4, 0.5) is 0 Å². The minimum atomic E-state index is -0.223. The van der Waals surface area contributed by atoms with Gasteiger partial charge in [-0.15, -0.1) is 0 Å². The fourth-order valence-corrected chi connectivity index (χ4v) is 2.64. The van der Waals surface area contributed by atoms with Crippen LogP contribution in [0.3, 0.4) is 0 Å². The van der Waals surface area contributed by atoms with E-state index in [1.807, 2.05) is 37.3 Å². The number of carbonyl (C=O) groups is 1. The Balaban J connectivity index is 1.53. The molecule has 3 rings (SSSR count). The van der Waals surface area contributed by atoms with Crippen LogP contribution in [0.5, 0.6) is 5.75 Å². The summed E-state index contributed by atoms with van der Waals surface area (Å²) in [4.78, 5) is 12.3. The van der Waals surface area contributed by atoms with Crippen molar-refractivity contribution in [3.05, 3.63) is 64.9 Å². The number of hydrogen-bond donors (Lipinski definition) is 1. The third kappa shape index (κ3) is 3.71. The van der Waals surface area contributed by atoms with E-state index in [-0.39, 0.29) is 5.91 Å². The van der Waals surface area contributed by atoms with Gasteiger partial charge in [0.2, 0.25) is 0 Å². The first-order chi connectivity index (χ1) is 11.6. The topological polar surface area (TPSA) is 51.5 Å². The van der Waals surface area contributed by atoms with E-state index in [0.29, 0.717) is 35.9 Å². The largest absolute Gasteiger partial charge is 0.494 e. The maximum absolute atomic E-state index is 12.3. The number of aryl methyl sites for hydroxylation is 1. The second-order valence-corrected chi connectivity index (χ2v) is 5.90. The van der Waals surface area contributed by atoms with Crippen molar-refractivity contribution >= 4 is 28.5 Å². The summed E-state index contributed by atoms with van der Waals surface area (Å²) in [7, 11) is 0. The summed E-state index contributed by atoms with van der Waals surface area (Å²) in [6.45, 7) is 2.91. The van der Waals surface area contributed by atoms with Crippen LogP contribution in [0, 0.1) is 6.92 Å². The highest BCUT2D eigenvalue weighted by Gasteiger charge is 2.17. The lowest BCUT2D eigenvalue weighted by Crippen LogP contribution is -2.25. The van der Waals surface area contributed by atoms with Gasteiger partial charge >= 0.3 is 0 Å². The smallest absolute Gasteiger partial charge is 0.287 e. The molecule has 0 fully saturated rings. The van der Waals surface area contributed by atoms with E-state index in [2.05, 4.69) is 5.32 Å². The van der Waals surface area contributed by atoms with Gasteiger partial charge in [0.1, 0.15) is 11.3 Å². The van der Waals surface area contributed by atoms with Crippen LogP contribution in [0.25, 0.3) is 11.0 Å². The predicted molar refractivity (Wildman–Crippen MR) is 94.8 cm³/mol. The van der Waals surface area contributed by atoms with Crippen LogP contribution >= 0.6 is 11.6 Å². The third-order valence-electron chi connectivity index (χ3n) is 3.72. The highest BCUT2D eigenvalue weighted by Crippen LogP contribution is 2.27. The van der Waals surface area contributed by atoms with Crippen molar-refractivity contribution in [2.45, 2.75) is 13.3 Å². The number of benzene rings is 2. The molecule has 124 valence electrons. The number of para-hydroxylation sites is 1. The van der Waals surface area contributed by atoms with Crippen molar-refractivity contribution in [3.8, 4) is 5.75 Å². The lowest BCUT2D eigenvalue weighted by atomic mass is 10.1. The molecule has 0 aliphatic heterocycles. The van der Waals surface area contributed by atoms with Gasteiger partial charge in [0.15, 0.2) is 5.76 Å². The minimum absolute atomic E-state index is 0.223. The number of carbonyl (C=O) groups excluding carboxylic acids is 1. The molecule has 1 aromatic heterocycles. The van der Waals surface area contributed by atoms with Crippen LogP contribution in [0.1, 0.15) is 22.5 Å². The molecular weight excluding hydrogens is 326 g/mol. The van der Waals surface area contributed by atoms with E-state index in [1.165, 1.54) is 0 Å².